The van der Waals surface area contributed by atoms with Gasteiger partial charge in [-0.25, -0.2) is 4.98 Å². The summed E-state index contributed by atoms with van der Waals surface area (Å²) in [5.41, 5.74) is 1.77. The van der Waals surface area contributed by atoms with E-state index in [-0.39, 0.29) is 5.91 Å². The number of carbonyl (C=O) groups is 1. The lowest BCUT2D eigenvalue weighted by Crippen LogP contribution is -2.30. The van der Waals surface area contributed by atoms with E-state index in [1.54, 1.807) is 12.3 Å². The molecule has 0 aliphatic heterocycles. The van der Waals surface area contributed by atoms with Gasteiger partial charge < -0.3 is 10.6 Å². The molecule has 0 radical (unpaired) electrons. The van der Waals surface area contributed by atoms with Crippen LogP contribution in [0.1, 0.15) is 36.7 Å². The summed E-state index contributed by atoms with van der Waals surface area (Å²) in [5.74, 6) is -0.0765. The highest BCUT2D eigenvalue weighted by atomic mass is 16.1. The van der Waals surface area contributed by atoms with Crippen molar-refractivity contribution in [2.24, 2.45) is 5.41 Å². The number of hydrogen-bond acceptors (Lipinski definition) is 3. The summed E-state index contributed by atoms with van der Waals surface area (Å²) in [6.07, 6.45) is 5.27. The molecule has 1 fully saturated rings. The molecule has 2 rings (SSSR count). The van der Waals surface area contributed by atoms with Gasteiger partial charge in [0.2, 0.25) is 0 Å². The summed E-state index contributed by atoms with van der Waals surface area (Å²) in [7, 11) is 1.83. The first kappa shape index (κ1) is 11.9. The summed E-state index contributed by atoms with van der Waals surface area (Å²) in [6.45, 7) is 2.96. The zero-order chi connectivity index (χ0) is 12.3. The van der Waals surface area contributed by atoms with Gasteiger partial charge in [0.25, 0.3) is 5.91 Å². The standard InChI is InChI=1S/C13H19N3O/c1-3-13(6-7-13)9-16-12(17)11-5-4-10(14-2)8-15-11/h4-5,8,14H,3,6-7,9H2,1-2H3,(H,16,17). The van der Waals surface area contributed by atoms with Crippen LogP contribution < -0.4 is 10.6 Å². The maximum absolute atomic E-state index is 11.8. The lowest BCUT2D eigenvalue weighted by atomic mass is 10.0. The van der Waals surface area contributed by atoms with Gasteiger partial charge in [0.1, 0.15) is 5.69 Å². The SMILES string of the molecule is CCC1(CNC(=O)c2ccc(NC)cn2)CC1. The lowest BCUT2D eigenvalue weighted by molar-refractivity contribution is 0.0939. The lowest BCUT2D eigenvalue weighted by Gasteiger charge is -2.13. The van der Waals surface area contributed by atoms with E-state index in [0.717, 1.165) is 18.7 Å². The Bertz CT molecular complexity index is 396. The third-order valence-electron chi connectivity index (χ3n) is 3.62. The van der Waals surface area contributed by atoms with Crippen LogP contribution in [0.5, 0.6) is 0 Å². The molecule has 1 saturated carbocycles. The Labute approximate surface area is 102 Å². The fourth-order valence-corrected chi connectivity index (χ4v) is 1.87. The molecule has 0 spiro atoms. The molecule has 0 saturated heterocycles. The third kappa shape index (κ3) is 2.75. The first-order chi connectivity index (χ1) is 8.19. The third-order valence-corrected chi connectivity index (χ3v) is 3.62. The molecule has 1 aliphatic carbocycles. The predicted octanol–water partition coefficient (Wildman–Crippen LogP) is 2.04. The maximum atomic E-state index is 11.8. The molecule has 0 atom stereocenters. The Kier molecular flexibility index (Phi) is 3.31. The van der Waals surface area contributed by atoms with Crippen LogP contribution in [0.15, 0.2) is 18.3 Å². The van der Waals surface area contributed by atoms with Crippen LogP contribution in [0.2, 0.25) is 0 Å². The van der Waals surface area contributed by atoms with Crippen LogP contribution in [0, 0.1) is 5.41 Å². The van der Waals surface area contributed by atoms with E-state index in [1.807, 2.05) is 13.1 Å². The van der Waals surface area contributed by atoms with Crippen LogP contribution in [0.3, 0.4) is 0 Å². The van der Waals surface area contributed by atoms with Crippen LogP contribution >= 0.6 is 0 Å². The Hall–Kier alpha value is -1.58. The van der Waals surface area contributed by atoms with Crippen molar-refractivity contribution >= 4 is 11.6 Å². The van der Waals surface area contributed by atoms with Crippen LogP contribution in [-0.4, -0.2) is 24.5 Å². The van der Waals surface area contributed by atoms with Crippen molar-refractivity contribution in [3.63, 3.8) is 0 Å². The van der Waals surface area contributed by atoms with Crippen molar-refractivity contribution in [3.8, 4) is 0 Å². The molecule has 1 heterocycles. The van der Waals surface area contributed by atoms with E-state index in [1.165, 1.54) is 12.8 Å². The molecule has 0 aromatic carbocycles. The van der Waals surface area contributed by atoms with Gasteiger partial charge in [-0.3, -0.25) is 4.79 Å². The highest BCUT2D eigenvalue weighted by Crippen LogP contribution is 2.47. The number of nitrogens with zero attached hydrogens (tertiary/aromatic N) is 1. The van der Waals surface area contributed by atoms with Gasteiger partial charge in [-0.05, 0) is 36.8 Å². The molecule has 17 heavy (non-hydrogen) atoms. The number of nitrogens with one attached hydrogen (secondary N) is 2. The molecule has 92 valence electrons. The fraction of sp³-hybridized carbons (Fsp3) is 0.538. The highest BCUT2D eigenvalue weighted by Gasteiger charge is 2.40. The molecule has 1 aromatic rings. The normalized spacial score (nSPS) is 16.4. The van der Waals surface area contributed by atoms with Gasteiger partial charge >= 0.3 is 0 Å². The summed E-state index contributed by atoms with van der Waals surface area (Å²) in [5, 5.41) is 5.94. The number of carbonyl (C=O) groups excluding carboxylic acids is 1. The fourth-order valence-electron chi connectivity index (χ4n) is 1.87. The number of hydrogen-bond donors (Lipinski definition) is 2. The quantitative estimate of drug-likeness (QED) is 0.818. The van der Waals surface area contributed by atoms with Gasteiger partial charge in [0.15, 0.2) is 0 Å². The smallest absolute Gasteiger partial charge is 0.269 e. The van der Waals surface area contributed by atoms with E-state index in [9.17, 15) is 4.79 Å². The molecule has 1 amide bonds. The van der Waals surface area contributed by atoms with Crippen molar-refractivity contribution in [1.29, 1.82) is 0 Å². The first-order valence-electron chi connectivity index (χ1n) is 6.11. The second kappa shape index (κ2) is 4.73. The second-order valence-corrected chi connectivity index (χ2v) is 4.72. The van der Waals surface area contributed by atoms with Crippen LogP contribution in [0.25, 0.3) is 0 Å². The number of amides is 1. The number of rotatable bonds is 5. The summed E-state index contributed by atoms with van der Waals surface area (Å²) in [6, 6.07) is 3.60. The van der Waals surface area contributed by atoms with Crippen molar-refractivity contribution in [1.82, 2.24) is 10.3 Å². The van der Waals surface area contributed by atoms with Crippen LogP contribution in [0.4, 0.5) is 5.69 Å². The Morgan fingerprint density at radius 2 is 2.24 bits per heavy atom. The van der Waals surface area contributed by atoms with E-state index >= 15 is 0 Å². The molecule has 4 nitrogen and oxygen atoms in total. The number of pyridine rings is 1. The highest BCUT2D eigenvalue weighted by molar-refractivity contribution is 5.92. The molecule has 0 unspecified atom stereocenters. The predicted molar refractivity (Wildman–Crippen MR) is 68.1 cm³/mol. The minimum atomic E-state index is -0.0765. The Morgan fingerprint density at radius 3 is 2.71 bits per heavy atom. The topological polar surface area (TPSA) is 54.0 Å². The Morgan fingerprint density at radius 1 is 1.47 bits per heavy atom. The maximum Gasteiger partial charge on any atom is 0.269 e. The summed E-state index contributed by atoms with van der Waals surface area (Å²) >= 11 is 0. The summed E-state index contributed by atoms with van der Waals surface area (Å²) < 4.78 is 0. The van der Waals surface area contributed by atoms with E-state index in [0.29, 0.717) is 11.1 Å². The van der Waals surface area contributed by atoms with Crippen molar-refractivity contribution < 1.29 is 4.79 Å². The van der Waals surface area contributed by atoms with Crippen molar-refractivity contribution in [2.75, 3.05) is 18.9 Å². The molecular formula is C13H19N3O. The average molecular weight is 233 g/mol. The van der Waals surface area contributed by atoms with Gasteiger partial charge in [0, 0.05) is 13.6 Å². The van der Waals surface area contributed by atoms with Gasteiger partial charge in [-0.2, -0.15) is 0 Å². The second-order valence-electron chi connectivity index (χ2n) is 4.72. The van der Waals surface area contributed by atoms with Crippen LogP contribution in [-0.2, 0) is 0 Å². The first-order valence-corrected chi connectivity index (χ1v) is 6.11. The summed E-state index contributed by atoms with van der Waals surface area (Å²) in [4.78, 5) is 16.0. The molecule has 1 aliphatic rings. The Balaban J connectivity index is 1.90. The number of anilines is 1. The molecule has 4 heteroatoms. The average Bonchev–Trinajstić information content (AvgIpc) is 3.17. The van der Waals surface area contributed by atoms with Gasteiger partial charge in [-0.15, -0.1) is 0 Å². The monoisotopic (exact) mass is 233 g/mol. The minimum Gasteiger partial charge on any atom is -0.387 e. The zero-order valence-corrected chi connectivity index (χ0v) is 10.4. The van der Waals surface area contributed by atoms with Gasteiger partial charge in [-0.1, -0.05) is 6.92 Å². The zero-order valence-electron chi connectivity index (χ0n) is 10.4. The molecule has 1 aromatic heterocycles. The largest absolute Gasteiger partial charge is 0.387 e. The van der Waals surface area contributed by atoms with Crippen molar-refractivity contribution in [2.45, 2.75) is 26.2 Å². The van der Waals surface area contributed by atoms with E-state index in [2.05, 4.69) is 22.5 Å². The van der Waals surface area contributed by atoms with Gasteiger partial charge in [0.05, 0.1) is 11.9 Å². The van der Waals surface area contributed by atoms with E-state index in [4.69, 9.17) is 0 Å². The van der Waals surface area contributed by atoms with E-state index < -0.39 is 0 Å². The molecule has 0 bridgehead atoms. The molecular weight excluding hydrogens is 214 g/mol. The van der Waals surface area contributed by atoms with Crippen molar-refractivity contribution in [3.05, 3.63) is 24.0 Å². The molecule has 2 N–H and O–H groups in total. The minimum absolute atomic E-state index is 0.0765. The number of aromatic nitrogens is 1.